The van der Waals surface area contributed by atoms with E-state index in [9.17, 15) is 21.6 Å². The lowest BCUT2D eigenvalue weighted by Crippen LogP contribution is -2.36. The number of hydrogen-bond acceptors (Lipinski definition) is 5. The Morgan fingerprint density at radius 2 is 1.62 bits per heavy atom. The summed E-state index contributed by atoms with van der Waals surface area (Å²) in [5.41, 5.74) is -0.447. The maximum absolute atomic E-state index is 12.5. The Bertz CT molecular complexity index is 922. The predicted octanol–water partition coefficient (Wildman–Crippen LogP) is 1.97. The zero-order valence-electron chi connectivity index (χ0n) is 13.8. The molecule has 1 aromatic carbocycles. The van der Waals surface area contributed by atoms with E-state index < -0.39 is 25.1 Å². The number of carbonyl (C=O) groups excluding carboxylic acids is 1. The van der Waals surface area contributed by atoms with Crippen molar-refractivity contribution in [2.75, 3.05) is 17.8 Å². The zero-order valence-corrected chi connectivity index (χ0v) is 15.4. The van der Waals surface area contributed by atoms with Crippen LogP contribution in [-0.2, 0) is 24.5 Å². The Morgan fingerprint density at radius 3 is 2.17 bits per heavy atom. The Kier molecular flexibility index (Phi) is 4.88. The van der Waals surface area contributed by atoms with E-state index in [1.54, 1.807) is 25.1 Å². The first kappa shape index (κ1) is 18.6. The molecule has 0 spiro atoms. The maximum Gasteiger partial charge on any atom is 0.182 e. The van der Waals surface area contributed by atoms with Gasteiger partial charge < -0.3 is 0 Å². The Hall–Kier alpha value is -1.73. The van der Waals surface area contributed by atoms with Gasteiger partial charge in [-0.25, -0.2) is 16.8 Å². The molecule has 1 unspecified atom stereocenters. The molecule has 0 aliphatic heterocycles. The van der Waals surface area contributed by atoms with Gasteiger partial charge in [-0.2, -0.15) is 0 Å². The van der Waals surface area contributed by atoms with Crippen molar-refractivity contribution in [2.24, 2.45) is 5.41 Å². The number of sulfone groups is 2. The standard InChI is InChI=1S/C17H20O5S2/c1-13-9-14(10-17(2,16(13)18)12-23(3,19)20)11-24(21,22)15-7-5-4-6-8-15/h4-10H,11-12H2,1-3H3. The zero-order chi connectivity index (χ0) is 18.2. The van der Waals surface area contributed by atoms with Crippen molar-refractivity contribution in [2.45, 2.75) is 18.7 Å². The van der Waals surface area contributed by atoms with Crippen LogP contribution in [-0.4, -0.2) is 40.4 Å². The third-order valence-electron chi connectivity index (χ3n) is 3.80. The van der Waals surface area contributed by atoms with Crippen LogP contribution in [0.25, 0.3) is 0 Å². The lowest BCUT2D eigenvalue weighted by atomic mass is 9.79. The number of benzene rings is 1. The minimum absolute atomic E-state index is 0.193. The number of rotatable bonds is 5. The topological polar surface area (TPSA) is 85.3 Å². The fourth-order valence-electron chi connectivity index (χ4n) is 2.98. The van der Waals surface area contributed by atoms with Gasteiger partial charge in [0, 0.05) is 6.26 Å². The molecule has 0 bridgehead atoms. The van der Waals surface area contributed by atoms with Gasteiger partial charge in [-0.05, 0) is 37.1 Å². The first-order chi connectivity index (χ1) is 10.9. The number of ketones is 1. The molecule has 1 aliphatic rings. The van der Waals surface area contributed by atoms with Crippen molar-refractivity contribution < 1.29 is 21.6 Å². The predicted molar refractivity (Wildman–Crippen MR) is 93.2 cm³/mol. The molecule has 1 atom stereocenters. The Morgan fingerprint density at radius 1 is 1.04 bits per heavy atom. The number of Topliss-reactive ketones (excluding diaryl/α,β-unsaturated/α-hetero) is 1. The van der Waals surface area contributed by atoms with Gasteiger partial charge in [0.25, 0.3) is 0 Å². The van der Waals surface area contributed by atoms with Gasteiger partial charge in [0.1, 0.15) is 9.84 Å². The van der Waals surface area contributed by atoms with Gasteiger partial charge in [-0.3, -0.25) is 4.79 Å². The van der Waals surface area contributed by atoms with Crippen LogP contribution in [0, 0.1) is 5.41 Å². The minimum atomic E-state index is -3.57. The Labute approximate surface area is 142 Å². The van der Waals surface area contributed by atoms with Gasteiger partial charge in [-0.15, -0.1) is 0 Å². The van der Waals surface area contributed by atoms with Crippen molar-refractivity contribution in [1.29, 1.82) is 0 Å². The van der Waals surface area contributed by atoms with Crippen molar-refractivity contribution >= 4 is 25.5 Å². The second-order valence-electron chi connectivity index (χ2n) is 6.44. The third kappa shape index (κ3) is 4.21. The molecule has 1 aromatic rings. The largest absolute Gasteiger partial charge is 0.294 e. The molecule has 0 N–H and O–H groups in total. The average molecular weight is 368 g/mol. The summed E-state index contributed by atoms with van der Waals surface area (Å²) in [5.74, 6) is -0.923. The van der Waals surface area contributed by atoms with E-state index in [2.05, 4.69) is 0 Å². The number of allylic oxidation sites excluding steroid dienone is 3. The highest BCUT2D eigenvalue weighted by atomic mass is 32.2. The molecule has 1 aliphatic carbocycles. The molecule has 0 amide bonds. The van der Waals surface area contributed by atoms with Crippen LogP contribution in [0.15, 0.2) is 58.5 Å². The van der Waals surface area contributed by atoms with E-state index in [4.69, 9.17) is 0 Å². The number of carbonyl (C=O) groups is 1. The summed E-state index contributed by atoms with van der Waals surface area (Å²) in [6.07, 6.45) is 4.06. The highest BCUT2D eigenvalue weighted by molar-refractivity contribution is 7.91. The fraction of sp³-hybridized carbons (Fsp3) is 0.353. The van der Waals surface area contributed by atoms with Crippen LogP contribution in [0.3, 0.4) is 0 Å². The monoisotopic (exact) mass is 368 g/mol. The second-order valence-corrected chi connectivity index (χ2v) is 10.6. The van der Waals surface area contributed by atoms with E-state index in [1.165, 1.54) is 31.2 Å². The molecule has 0 heterocycles. The summed E-state index contributed by atoms with van der Waals surface area (Å²) < 4.78 is 48.3. The molecule has 0 saturated heterocycles. The van der Waals surface area contributed by atoms with Crippen molar-refractivity contribution in [3.8, 4) is 0 Å². The molecule has 24 heavy (non-hydrogen) atoms. The van der Waals surface area contributed by atoms with Gasteiger partial charge in [0.05, 0.1) is 21.8 Å². The lowest BCUT2D eigenvalue weighted by Gasteiger charge is -2.28. The molecule has 7 heteroatoms. The molecule has 0 saturated carbocycles. The normalized spacial score (nSPS) is 22.0. The molecular formula is C17H20O5S2. The van der Waals surface area contributed by atoms with E-state index in [0.29, 0.717) is 11.1 Å². The first-order valence-electron chi connectivity index (χ1n) is 7.33. The summed E-state index contributed by atoms with van der Waals surface area (Å²) in [4.78, 5) is 12.6. The summed E-state index contributed by atoms with van der Waals surface area (Å²) >= 11 is 0. The van der Waals surface area contributed by atoms with Gasteiger partial charge in [0.15, 0.2) is 15.6 Å². The highest BCUT2D eigenvalue weighted by Gasteiger charge is 2.38. The van der Waals surface area contributed by atoms with E-state index >= 15 is 0 Å². The van der Waals surface area contributed by atoms with Crippen LogP contribution in [0.2, 0.25) is 0 Å². The molecule has 0 fully saturated rings. The molecule has 2 rings (SSSR count). The third-order valence-corrected chi connectivity index (χ3v) is 6.63. The van der Waals surface area contributed by atoms with Crippen LogP contribution in [0.5, 0.6) is 0 Å². The minimum Gasteiger partial charge on any atom is -0.294 e. The fourth-order valence-corrected chi connectivity index (χ4v) is 5.62. The quantitative estimate of drug-likeness (QED) is 0.793. The van der Waals surface area contributed by atoms with Crippen LogP contribution in [0.1, 0.15) is 13.8 Å². The van der Waals surface area contributed by atoms with Crippen molar-refractivity contribution in [3.05, 3.63) is 53.6 Å². The second kappa shape index (κ2) is 6.29. The summed E-state index contributed by atoms with van der Waals surface area (Å²) in [6.45, 7) is 3.10. The smallest absolute Gasteiger partial charge is 0.182 e. The van der Waals surface area contributed by atoms with Crippen molar-refractivity contribution in [1.82, 2.24) is 0 Å². The maximum atomic E-state index is 12.5. The summed E-state index contributed by atoms with van der Waals surface area (Å²) in [7, 11) is -6.97. The molecule has 130 valence electrons. The van der Waals surface area contributed by atoms with Gasteiger partial charge >= 0.3 is 0 Å². The molecule has 5 nitrogen and oxygen atoms in total. The van der Waals surface area contributed by atoms with Gasteiger partial charge in [0.2, 0.25) is 0 Å². The van der Waals surface area contributed by atoms with Gasteiger partial charge in [-0.1, -0.05) is 30.4 Å². The highest BCUT2D eigenvalue weighted by Crippen LogP contribution is 2.33. The van der Waals surface area contributed by atoms with E-state index in [0.717, 1.165) is 6.26 Å². The number of hydrogen-bond donors (Lipinski definition) is 0. The average Bonchev–Trinajstić information content (AvgIpc) is 2.43. The summed E-state index contributed by atoms with van der Waals surface area (Å²) in [5, 5.41) is 0. The van der Waals surface area contributed by atoms with Crippen molar-refractivity contribution in [3.63, 3.8) is 0 Å². The molecule has 0 aromatic heterocycles. The molecular weight excluding hydrogens is 348 g/mol. The lowest BCUT2D eigenvalue weighted by molar-refractivity contribution is -0.121. The Balaban J connectivity index is 2.41. The molecule has 0 radical (unpaired) electrons. The SMILES string of the molecule is CC1=CC(CS(=O)(=O)c2ccccc2)=CC(C)(CS(C)(=O)=O)C1=O. The van der Waals surface area contributed by atoms with Crippen LogP contribution in [0.4, 0.5) is 0 Å². The van der Waals surface area contributed by atoms with E-state index in [-0.39, 0.29) is 22.2 Å². The van der Waals surface area contributed by atoms with Crippen LogP contribution >= 0.6 is 0 Å². The first-order valence-corrected chi connectivity index (χ1v) is 11.0. The summed E-state index contributed by atoms with van der Waals surface area (Å²) in [6, 6.07) is 8.03. The van der Waals surface area contributed by atoms with E-state index in [1.807, 2.05) is 0 Å². The van der Waals surface area contributed by atoms with Crippen LogP contribution < -0.4 is 0 Å².